The lowest BCUT2D eigenvalue weighted by molar-refractivity contribution is 0.0169. The van der Waals surface area contributed by atoms with Crippen LogP contribution < -0.4 is 10.6 Å². The molecule has 0 amide bonds. The summed E-state index contributed by atoms with van der Waals surface area (Å²) in [5.41, 5.74) is 2.05. The number of thiazole rings is 1. The number of nitrogens with one attached hydrogen (secondary N) is 2. The van der Waals surface area contributed by atoms with Crippen LogP contribution in [0.15, 0.2) is 34.6 Å². The summed E-state index contributed by atoms with van der Waals surface area (Å²) < 4.78 is 19.3. The van der Waals surface area contributed by atoms with E-state index in [1.54, 1.807) is 30.5 Å². The van der Waals surface area contributed by atoms with Crippen LogP contribution in [0.3, 0.4) is 0 Å². The molecule has 0 aliphatic carbocycles. The van der Waals surface area contributed by atoms with E-state index in [1.165, 1.54) is 6.07 Å². The number of ether oxygens (including phenoxy) is 1. The predicted molar refractivity (Wildman–Crippen MR) is 111 cm³/mol. The Balaban J connectivity index is 1.57. The largest absolute Gasteiger partial charge is 0.379 e. The Labute approximate surface area is 169 Å². The van der Waals surface area contributed by atoms with Gasteiger partial charge in [0.2, 0.25) is 0 Å². The normalized spacial score (nSPS) is 16.8. The third-order valence-electron chi connectivity index (χ3n) is 4.75. The molecule has 6 nitrogen and oxygen atoms in total. The standard InChI is InChI=1S/C20H28FN5OS/c1-15-25-18(14-28-15)6-7-23-20(22-2)24-13-19(26-8-10-27-11-9-26)16-4-3-5-17(21)12-16/h3-5,12,14,19H,6-11,13H2,1-2H3,(H2,22,23,24). The van der Waals surface area contributed by atoms with E-state index in [9.17, 15) is 4.39 Å². The summed E-state index contributed by atoms with van der Waals surface area (Å²) >= 11 is 1.67. The van der Waals surface area contributed by atoms with Crippen molar-refractivity contribution in [1.29, 1.82) is 0 Å². The van der Waals surface area contributed by atoms with Crippen molar-refractivity contribution in [2.24, 2.45) is 4.99 Å². The van der Waals surface area contributed by atoms with Crippen molar-refractivity contribution in [3.63, 3.8) is 0 Å². The predicted octanol–water partition coefficient (Wildman–Crippen LogP) is 2.37. The molecule has 0 spiro atoms. The molecule has 2 heterocycles. The van der Waals surface area contributed by atoms with Gasteiger partial charge in [0.15, 0.2) is 5.96 Å². The van der Waals surface area contributed by atoms with Gasteiger partial charge in [0.25, 0.3) is 0 Å². The lowest BCUT2D eigenvalue weighted by Gasteiger charge is -2.35. The van der Waals surface area contributed by atoms with E-state index in [1.807, 2.05) is 13.0 Å². The molecular formula is C20H28FN5OS. The summed E-state index contributed by atoms with van der Waals surface area (Å²) in [7, 11) is 1.76. The summed E-state index contributed by atoms with van der Waals surface area (Å²) in [6.45, 7) is 6.47. The average molecular weight is 406 g/mol. The van der Waals surface area contributed by atoms with Crippen LogP contribution in [-0.4, -0.2) is 62.3 Å². The fourth-order valence-electron chi connectivity index (χ4n) is 3.31. The molecule has 1 aromatic heterocycles. The second kappa shape index (κ2) is 10.5. The molecule has 1 fully saturated rings. The van der Waals surface area contributed by atoms with Crippen LogP contribution in [0.1, 0.15) is 22.3 Å². The van der Waals surface area contributed by atoms with Gasteiger partial charge in [-0.3, -0.25) is 9.89 Å². The summed E-state index contributed by atoms with van der Waals surface area (Å²) in [6, 6.07) is 6.89. The highest BCUT2D eigenvalue weighted by molar-refractivity contribution is 7.09. The van der Waals surface area contributed by atoms with E-state index in [0.29, 0.717) is 19.8 Å². The molecule has 1 aliphatic rings. The number of morpholine rings is 1. The van der Waals surface area contributed by atoms with Gasteiger partial charge in [0.05, 0.1) is 30.0 Å². The Kier molecular flexibility index (Phi) is 7.76. The van der Waals surface area contributed by atoms with Crippen LogP contribution >= 0.6 is 11.3 Å². The molecule has 152 valence electrons. The van der Waals surface area contributed by atoms with Crippen LogP contribution in [0.4, 0.5) is 4.39 Å². The number of benzene rings is 1. The number of aryl methyl sites for hydroxylation is 1. The number of aliphatic imine (C=N–C) groups is 1. The van der Waals surface area contributed by atoms with Crippen LogP contribution in [0.5, 0.6) is 0 Å². The lowest BCUT2D eigenvalue weighted by atomic mass is 10.0. The maximum Gasteiger partial charge on any atom is 0.191 e. The molecule has 0 radical (unpaired) electrons. The molecule has 8 heteroatoms. The van der Waals surface area contributed by atoms with E-state index < -0.39 is 0 Å². The summed E-state index contributed by atoms with van der Waals surface area (Å²) in [5, 5.41) is 9.90. The number of hydrogen-bond acceptors (Lipinski definition) is 5. The first-order valence-electron chi connectivity index (χ1n) is 9.58. The van der Waals surface area contributed by atoms with Gasteiger partial charge in [-0.15, -0.1) is 11.3 Å². The molecule has 3 rings (SSSR count). The fourth-order valence-corrected chi connectivity index (χ4v) is 3.95. The van der Waals surface area contributed by atoms with Gasteiger partial charge >= 0.3 is 0 Å². The third kappa shape index (κ3) is 5.98. The molecule has 0 saturated carbocycles. The maximum absolute atomic E-state index is 13.8. The monoisotopic (exact) mass is 405 g/mol. The van der Waals surface area contributed by atoms with E-state index in [0.717, 1.165) is 48.3 Å². The van der Waals surface area contributed by atoms with E-state index in [4.69, 9.17) is 4.74 Å². The second-order valence-corrected chi connectivity index (χ2v) is 7.77. The van der Waals surface area contributed by atoms with Crippen LogP contribution in [0.25, 0.3) is 0 Å². The highest BCUT2D eigenvalue weighted by atomic mass is 32.1. The first-order chi connectivity index (χ1) is 13.7. The number of rotatable bonds is 7. The third-order valence-corrected chi connectivity index (χ3v) is 5.57. The first kappa shape index (κ1) is 20.7. The van der Waals surface area contributed by atoms with Crippen molar-refractivity contribution in [2.45, 2.75) is 19.4 Å². The highest BCUT2D eigenvalue weighted by Gasteiger charge is 2.23. The second-order valence-electron chi connectivity index (χ2n) is 6.71. The van der Waals surface area contributed by atoms with Crippen molar-refractivity contribution >= 4 is 17.3 Å². The zero-order chi connectivity index (χ0) is 19.8. The lowest BCUT2D eigenvalue weighted by Crippen LogP contribution is -2.46. The van der Waals surface area contributed by atoms with Gasteiger partial charge < -0.3 is 15.4 Å². The Morgan fingerprint density at radius 3 is 2.86 bits per heavy atom. The number of aromatic nitrogens is 1. The van der Waals surface area contributed by atoms with E-state index >= 15 is 0 Å². The summed E-state index contributed by atoms with van der Waals surface area (Å²) in [6.07, 6.45) is 0.849. The molecule has 2 N–H and O–H groups in total. The minimum atomic E-state index is -0.211. The fraction of sp³-hybridized carbons (Fsp3) is 0.500. The summed E-state index contributed by atoms with van der Waals surface area (Å²) in [4.78, 5) is 11.1. The summed E-state index contributed by atoms with van der Waals surface area (Å²) in [5.74, 6) is 0.526. The number of hydrogen-bond donors (Lipinski definition) is 2. The molecule has 1 unspecified atom stereocenters. The smallest absolute Gasteiger partial charge is 0.191 e. The van der Waals surface area contributed by atoms with Gasteiger partial charge in [0, 0.05) is 45.0 Å². The molecule has 1 atom stereocenters. The van der Waals surface area contributed by atoms with Gasteiger partial charge in [-0.05, 0) is 24.6 Å². The van der Waals surface area contributed by atoms with Gasteiger partial charge in [-0.1, -0.05) is 12.1 Å². The molecule has 2 aromatic rings. The van der Waals surface area contributed by atoms with Gasteiger partial charge in [-0.25, -0.2) is 9.37 Å². The zero-order valence-electron chi connectivity index (χ0n) is 16.4. The Bertz CT molecular complexity index is 775. The molecule has 1 aliphatic heterocycles. The Morgan fingerprint density at radius 1 is 1.36 bits per heavy atom. The first-order valence-corrected chi connectivity index (χ1v) is 10.5. The minimum Gasteiger partial charge on any atom is -0.379 e. The van der Waals surface area contributed by atoms with Crippen molar-refractivity contribution in [3.05, 3.63) is 51.7 Å². The van der Waals surface area contributed by atoms with Crippen LogP contribution in [-0.2, 0) is 11.2 Å². The van der Waals surface area contributed by atoms with Gasteiger partial charge in [-0.2, -0.15) is 0 Å². The Morgan fingerprint density at radius 2 is 2.18 bits per heavy atom. The quantitative estimate of drug-likeness (QED) is 0.547. The van der Waals surface area contributed by atoms with Crippen molar-refractivity contribution in [3.8, 4) is 0 Å². The SMILES string of the molecule is CN=C(NCCc1csc(C)n1)NCC(c1cccc(F)c1)N1CCOCC1. The average Bonchev–Trinajstić information content (AvgIpc) is 3.13. The number of nitrogens with zero attached hydrogens (tertiary/aromatic N) is 3. The van der Waals surface area contributed by atoms with Crippen molar-refractivity contribution < 1.29 is 9.13 Å². The van der Waals surface area contributed by atoms with E-state index in [-0.39, 0.29) is 11.9 Å². The highest BCUT2D eigenvalue weighted by Crippen LogP contribution is 2.22. The molecular weight excluding hydrogens is 377 g/mol. The Hall–Kier alpha value is -2.03. The van der Waals surface area contributed by atoms with E-state index in [2.05, 4.69) is 30.9 Å². The van der Waals surface area contributed by atoms with Gasteiger partial charge in [0.1, 0.15) is 5.82 Å². The zero-order valence-corrected chi connectivity index (χ0v) is 17.3. The molecule has 1 saturated heterocycles. The van der Waals surface area contributed by atoms with Crippen LogP contribution in [0.2, 0.25) is 0 Å². The number of guanidine groups is 1. The van der Waals surface area contributed by atoms with Crippen molar-refractivity contribution in [2.75, 3.05) is 46.4 Å². The minimum absolute atomic E-state index is 0.0549. The topological polar surface area (TPSA) is 61.8 Å². The molecule has 28 heavy (non-hydrogen) atoms. The maximum atomic E-state index is 13.8. The number of halogens is 1. The molecule has 1 aromatic carbocycles. The van der Waals surface area contributed by atoms with Crippen LogP contribution in [0, 0.1) is 12.7 Å². The molecule has 0 bridgehead atoms. The van der Waals surface area contributed by atoms with Crippen molar-refractivity contribution in [1.82, 2.24) is 20.5 Å².